The molecule has 0 aliphatic rings. The number of ether oxygens (including phenoxy) is 2. The molecule has 3 nitrogen and oxygen atoms in total. The number of hydrogen-bond donors (Lipinski definition) is 0. The Kier molecular flexibility index (Phi) is 6.55. The Labute approximate surface area is 306 Å². The second-order valence-corrected chi connectivity index (χ2v) is 13.6. The Hall–Kier alpha value is -7.10. The molecule has 0 spiro atoms. The minimum Gasteiger partial charge on any atom is -0.456 e. The molecule has 0 radical (unpaired) electrons. The molecule has 0 saturated carbocycles. The van der Waals surface area contributed by atoms with Crippen LogP contribution in [-0.2, 0) is 0 Å². The maximum absolute atomic E-state index is 7.14. The molecule has 0 N–H and O–H groups in total. The van der Waals surface area contributed by atoms with E-state index in [-0.39, 0.29) is 0 Å². The van der Waals surface area contributed by atoms with Crippen molar-refractivity contribution in [1.82, 2.24) is 0 Å². The van der Waals surface area contributed by atoms with Crippen LogP contribution < -0.4 is 14.4 Å². The molecule has 248 valence electrons. The minimum absolute atomic E-state index is 0.792. The highest BCUT2D eigenvalue weighted by Crippen LogP contribution is 2.58. The first-order valence-corrected chi connectivity index (χ1v) is 18.0. The summed E-state index contributed by atoms with van der Waals surface area (Å²) in [7, 11) is 0. The highest BCUT2D eigenvalue weighted by atomic mass is 16.5. The van der Waals surface area contributed by atoms with E-state index in [1.54, 1.807) is 0 Å². The van der Waals surface area contributed by atoms with E-state index in [9.17, 15) is 0 Å². The maximum atomic E-state index is 7.14. The van der Waals surface area contributed by atoms with Gasteiger partial charge >= 0.3 is 0 Å². The predicted molar refractivity (Wildman–Crippen MR) is 222 cm³/mol. The van der Waals surface area contributed by atoms with Gasteiger partial charge in [0.15, 0.2) is 0 Å². The molecular formula is C50H31NO2. The van der Waals surface area contributed by atoms with E-state index in [1.165, 1.54) is 16.2 Å². The molecule has 0 atom stereocenters. The summed E-state index contributed by atoms with van der Waals surface area (Å²) < 4.78 is 14.3. The second-order valence-electron chi connectivity index (χ2n) is 13.6. The van der Waals surface area contributed by atoms with Crippen molar-refractivity contribution < 1.29 is 9.47 Å². The molecule has 11 rings (SSSR count). The van der Waals surface area contributed by atoms with Crippen molar-refractivity contribution in [3.8, 4) is 23.0 Å². The van der Waals surface area contributed by atoms with Crippen molar-refractivity contribution in [1.29, 1.82) is 0 Å². The van der Waals surface area contributed by atoms with Gasteiger partial charge in [0.25, 0.3) is 0 Å². The van der Waals surface area contributed by atoms with Crippen molar-refractivity contribution in [2.45, 2.75) is 0 Å². The Morgan fingerprint density at radius 2 is 0.679 bits per heavy atom. The molecular weight excluding hydrogens is 647 g/mol. The van der Waals surface area contributed by atoms with Gasteiger partial charge < -0.3 is 14.4 Å². The summed E-state index contributed by atoms with van der Waals surface area (Å²) in [6, 6.07) is 65.9. The molecule has 53 heavy (non-hydrogen) atoms. The summed E-state index contributed by atoms with van der Waals surface area (Å²) >= 11 is 0. The van der Waals surface area contributed by atoms with Gasteiger partial charge in [-0.05, 0) is 92.3 Å². The van der Waals surface area contributed by atoms with Gasteiger partial charge in [-0.25, -0.2) is 0 Å². The van der Waals surface area contributed by atoms with Crippen LogP contribution in [0.25, 0.3) is 64.6 Å². The number of rotatable bonds is 7. The lowest BCUT2D eigenvalue weighted by molar-refractivity contribution is 0.487. The normalized spacial score (nSPS) is 11.8. The zero-order valence-electron chi connectivity index (χ0n) is 28.7. The summed E-state index contributed by atoms with van der Waals surface area (Å²) in [6.45, 7) is 0. The number of nitrogens with zero attached hydrogens (tertiary/aromatic N) is 1. The van der Waals surface area contributed by atoms with Gasteiger partial charge in [0.2, 0.25) is 0 Å². The van der Waals surface area contributed by atoms with Crippen LogP contribution in [0.15, 0.2) is 188 Å². The monoisotopic (exact) mass is 677 g/mol. The van der Waals surface area contributed by atoms with E-state index in [1.807, 2.05) is 60.7 Å². The van der Waals surface area contributed by atoms with Gasteiger partial charge in [0.05, 0.1) is 5.69 Å². The summed E-state index contributed by atoms with van der Waals surface area (Å²) in [5, 5.41) is 13.5. The van der Waals surface area contributed by atoms with Gasteiger partial charge in [-0.3, -0.25) is 0 Å². The van der Waals surface area contributed by atoms with Gasteiger partial charge in [-0.1, -0.05) is 133 Å². The standard InChI is InChI=1S/C50H31NO2/c1-5-18-33(19-6-1)51(34-20-7-2-8-21-34)42-31-30-41-44-37(42)26-15-29-40(44)47-48(41)50(53-36-24-11-4-12-25-36)46-39-28-14-17-32-16-13-27-38(43(32)39)45(46)49(47)52-35-22-9-3-10-23-35/h1-31H. The molecule has 0 fully saturated rings. The third kappa shape index (κ3) is 4.47. The third-order valence-corrected chi connectivity index (χ3v) is 10.6. The van der Waals surface area contributed by atoms with Crippen LogP contribution in [0.2, 0.25) is 0 Å². The lowest BCUT2D eigenvalue weighted by Gasteiger charge is -2.27. The van der Waals surface area contributed by atoms with Crippen molar-refractivity contribution in [3.63, 3.8) is 0 Å². The molecule has 0 aliphatic heterocycles. The summed E-state index contributed by atoms with van der Waals surface area (Å²) in [6.07, 6.45) is 0. The van der Waals surface area contributed by atoms with Crippen LogP contribution in [0.4, 0.5) is 17.1 Å². The average molecular weight is 678 g/mol. The zero-order chi connectivity index (χ0) is 34.9. The number of fused-ring (bicyclic) bond motifs is 6. The predicted octanol–water partition coefficient (Wildman–Crippen LogP) is 14.5. The van der Waals surface area contributed by atoms with Gasteiger partial charge in [-0.15, -0.1) is 0 Å². The van der Waals surface area contributed by atoms with E-state index in [0.717, 1.165) is 88.5 Å². The lowest BCUT2D eigenvalue weighted by atomic mass is 10.0. The van der Waals surface area contributed by atoms with E-state index in [0.29, 0.717) is 0 Å². The summed E-state index contributed by atoms with van der Waals surface area (Å²) in [4.78, 5) is 2.35. The van der Waals surface area contributed by atoms with Crippen LogP contribution in [0.5, 0.6) is 23.0 Å². The molecule has 0 saturated heterocycles. The molecule has 3 heteroatoms. The van der Waals surface area contributed by atoms with Crippen molar-refractivity contribution in [2.24, 2.45) is 0 Å². The fourth-order valence-electron chi connectivity index (χ4n) is 8.49. The van der Waals surface area contributed by atoms with Crippen LogP contribution in [0.3, 0.4) is 0 Å². The third-order valence-electron chi connectivity index (χ3n) is 10.6. The maximum Gasteiger partial charge on any atom is 0.144 e. The summed E-state index contributed by atoms with van der Waals surface area (Å²) in [5.74, 6) is 3.27. The number of anilines is 3. The Balaban J connectivity index is 1.33. The van der Waals surface area contributed by atoms with E-state index in [4.69, 9.17) is 9.47 Å². The topological polar surface area (TPSA) is 21.7 Å². The van der Waals surface area contributed by atoms with Crippen LogP contribution in [0.1, 0.15) is 0 Å². The van der Waals surface area contributed by atoms with Gasteiger partial charge in [0.1, 0.15) is 23.0 Å². The van der Waals surface area contributed by atoms with Crippen LogP contribution >= 0.6 is 0 Å². The molecule has 0 aromatic heterocycles. The zero-order valence-corrected chi connectivity index (χ0v) is 28.7. The lowest BCUT2D eigenvalue weighted by Crippen LogP contribution is -2.10. The molecule has 0 amide bonds. The highest BCUT2D eigenvalue weighted by Gasteiger charge is 2.29. The van der Waals surface area contributed by atoms with Crippen molar-refractivity contribution in [3.05, 3.63) is 188 Å². The van der Waals surface area contributed by atoms with E-state index in [2.05, 4.69) is 132 Å². The first-order chi connectivity index (χ1) is 26.3. The van der Waals surface area contributed by atoms with Gasteiger partial charge in [0, 0.05) is 38.3 Å². The second kappa shape index (κ2) is 11.7. The highest BCUT2D eigenvalue weighted by molar-refractivity contribution is 6.43. The minimum atomic E-state index is 0.792. The SMILES string of the molecule is c1ccc(Oc2c3c4cccc5cccc(c3c(Oc3ccccc3)c3c6ccc(N(c7ccccc7)c7ccccc7)c7cccc(c23)c76)c54)cc1. The fourth-order valence-corrected chi connectivity index (χ4v) is 8.49. The smallest absolute Gasteiger partial charge is 0.144 e. The van der Waals surface area contributed by atoms with E-state index >= 15 is 0 Å². The summed E-state index contributed by atoms with van der Waals surface area (Å²) in [5.41, 5.74) is 3.30. The number of benzene rings is 9. The fraction of sp³-hybridized carbons (Fsp3) is 0. The molecule has 0 aliphatic carbocycles. The van der Waals surface area contributed by atoms with Crippen molar-refractivity contribution in [2.75, 3.05) is 4.90 Å². The average Bonchev–Trinajstić information content (AvgIpc) is 3.74. The Morgan fingerprint density at radius 1 is 0.283 bits per heavy atom. The quantitative estimate of drug-likeness (QED) is 0.168. The number of para-hydroxylation sites is 4. The van der Waals surface area contributed by atoms with Gasteiger partial charge in [-0.2, -0.15) is 0 Å². The molecule has 11 aromatic rings. The first kappa shape index (κ1) is 29.6. The Morgan fingerprint density at radius 3 is 1.17 bits per heavy atom. The molecule has 0 heterocycles. The number of hydrogen-bond acceptors (Lipinski definition) is 3. The largest absolute Gasteiger partial charge is 0.456 e. The van der Waals surface area contributed by atoms with Crippen LogP contribution in [-0.4, -0.2) is 0 Å². The van der Waals surface area contributed by atoms with Crippen molar-refractivity contribution >= 4 is 81.7 Å². The van der Waals surface area contributed by atoms with E-state index < -0.39 is 0 Å². The first-order valence-electron chi connectivity index (χ1n) is 18.0. The molecule has 11 aromatic carbocycles. The Bertz CT molecular complexity index is 2920. The van der Waals surface area contributed by atoms with Crippen LogP contribution in [0, 0.1) is 0 Å². The molecule has 0 bridgehead atoms. The molecule has 0 unspecified atom stereocenters.